The normalized spacial score (nSPS) is 11.6. The minimum atomic E-state index is -3.72. The summed E-state index contributed by atoms with van der Waals surface area (Å²) in [6.45, 7) is 5.65. The minimum Gasteiger partial charge on any atom is -0.465 e. The van der Waals surface area contributed by atoms with Crippen molar-refractivity contribution in [3.05, 3.63) is 41.1 Å². The zero-order chi connectivity index (χ0) is 15.6. The van der Waals surface area contributed by atoms with Gasteiger partial charge in [0.05, 0.1) is 11.9 Å². The number of rotatable bonds is 5. The lowest BCUT2D eigenvalue weighted by atomic mass is 10.2. The van der Waals surface area contributed by atoms with Crippen LogP contribution in [0.2, 0.25) is 0 Å². The Morgan fingerprint density at radius 3 is 2.57 bits per heavy atom. The van der Waals surface area contributed by atoms with Gasteiger partial charge in [-0.25, -0.2) is 8.42 Å². The van der Waals surface area contributed by atoms with E-state index >= 15 is 0 Å². The molecule has 0 spiro atoms. The molecule has 0 amide bonds. The smallest absolute Gasteiger partial charge is 0.265 e. The largest absolute Gasteiger partial charge is 0.465 e. The van der Waals surface area contributed by atoms with Crippen molar-refractivity contribution in [2.45, 2.75) is 32.2 Å². The summed E-state index contributed by atoms with van der Waals surface area (Å²) >= 11 is 0. The minimum absolute atomic E-state index is 0.192. The van der Waals surface area contributed by atoms with E-state index in [1.807, 2.05) is 6.92 Å². The van der Waals surface area contributed by atoms with Crippen LogP contribution in [0.5, 0.6) is 0 Å². The maximum atomic E-state index is 12.7. The Bertz CT molecular complexity index is 751. The average Bonchev–Trinajstić information content (AvgIpc) is 2.68. The van der Waals surface area contributed by atoms with Crippen LogP contribution < -0.4 is 10.0 Å². The van der Waals surface area contributed by atoms with Crippen LogP contribution in [0.25, 0.3) is 0 Å². The van der Waals surface area contributed by atoms with E-state index in [0.29, 0.717) is 29.3 Å². The number of aromatic nitrogens is 1. The molecule has 0 aliphatic rings. The van der Waals surface area contributed by atoms with Gasteiger partial charge in [-0.15, -0.1) is 0 Å². The maximum absolute atomic E-state index is 12.7. The molecule has 6 nitrogen and oxygen atoms in total. The summed E-state index contributed by atoms with van der Waals surface area (Å²) in [6.07, 6.45) is 3.11. The molecule has 21 heavy (non-hydrogen) atoms. The number of nitrogens with one attached hydrogen (secondary N) is 2. The van der Waals surface area contributed by atoms with Crippen molar-refractivity contribution in [2.24, 2.45) is 0 Å². The quantitative estimate of drug-likeness (QED) is 0.884. The molecule has 2 N–H and O–H groups in total. The van der Waals surface area contributed by atoms with Crippen molar-refractivity contribution < 1.29 is 12.8 Å². The molecule has 2 aromatic heterocycles. The van der Waals surface area contributed by atoms with Gasteiger partial charge in [0, 0.05) is 18.3 Å². The molecule has 0 bridgehead atoms. The second-order valence-corrected chi connectivity index (χ2v) is 6.47. The highest BCUT2D eigenvalue weighted by Crippen LogP contribution is 2.28. The second kappa shape index (κ2) is 5.87. The summed E-state index contributed by atoms with van der Waals surface area (Å²) in [5.74, 6) is 0.983. The Kier molecular flexibility index (Phi) is 4.34. The van der Waals surface area contributed by atoms with Crippen LogP contribution >= 0.6 is 0 Å². The van der Waals surface area contributed by atoms with Crippen LogP contribution in [0.1, 0.15) is 22.6 Å². The molecular weight excluding hydrogens is 290 g/mol. The highest BCUT2D eigenvalue weighted by Gasteiger charge is 2.27. The van der Waals surface area contributed by atoms with Crippen molar-refractivity contribution in [1.82, 2.24) is 10.3 Å². The number of anilines is 1. The molecule has 114 valence electrons. The Morgan fingerprint density at radius 2 is 1.95 bits per heavy atom. The van der Waals surface area contributed by atoms with Crippen LogP contribution in [-0.2, 0) is 16.6 Å². The maximum Gasteiger partial charge on any atom is 0.265 e. The highest BCUT2D eigenvalue weighted by atomic mass is 32.2. The third kappa shape index (κ3) is 3.08. The van der Waals surface area contributed by atoms with Gasteiger partial charge in [-0.2, -0.15) is 0 Å². The summed E-state index contributed by atoms with van der Waals surface area (Å²) < 4.78 is 33.4. The number of aryl methyl sites for hydroxylation is 3. The predicted octanol–water partition coefficient (Wildman–Crippen LogP) is 2.12. The van der Waals surface area contributed by atoms with Crippen molar-refractivity contribution in [2.75, 3.05) is 11.8 Å². The van der Waals surface area contributed by atoms with Crippen molar-refractivity contribution >= 4 is 15.7 Å². The lowest BCUT2D eigenvalue weighted by Crippen LogP contribution is -2.18. The van der Waals surface area contributed by atoms with E-state index in [9.17, 15) is 8.42 Å². The zero-order valence-electron chi connectivity index (χ0n) is 12.5. The van der Waals surface area contributed by atoms with E-state index in [1.54, 1.807) is 33.2 Å². The van der Waals surface area contributed by atoms with E-state index in [-0.39, 0.29) is 4.90 Å². The molecule has 0 saturated carbocycles. The number of sulfonamides is 1. The van der Waals surface area contributed by atoms with Crippen LogP contribution in [0.4, 0.5) is 5.69 Å². The van der Waals surface area contributed by atoms with E-state index in [0.717, 1.165) is 5.56 Å². The van der Waals surface area contributed by atoms with Crippen molar-refractivity contribution in [3.63, 3.8) is 0 Å². The van der Waals surface area contributed by atoms with Crippen LogP contribution in [0, 0.1) is 20.8 Å². The molecule has 0 saturated heterocycles. The number of nitrogens with zero attached hydrogens (tertiary/aromatic N) is 1. The van der Waals surface area contributed by atoms with Gasteiger partial charge in [0.15, 0.2) is 0 Å². The molecule has 0 aliphatic heterocycles. The molecule has 0 unspecified atom stereocenters. The number of furan rings is 1. The van der Waals surface area contributed by atoms with Crippen LogP contribution in [0.3, 0.4) is 0 Å². The predicted molar refractivity (Wildman–Crippen MR) is 80.7 cm³/mol. The average molecular weight is 309 g/mol. The van der Waals surface area contributed by atoms with Crippen molar-refractivity contribution in [1.29, 1.82) is 0 Å². The van der Waals surface area contributed by atoms with Crippen LogP contribution in [0.15, 0.2) is 27.8 Å². The van der Waals surface area contributed by atoms with E-state index in [1.165, 1.54) is 6.20 Å². The SMILES string of the molecule is CNCc1c(C)oc(C)c1S(=O)(=O)Nc1cnccc1C. The molecule has 2 heterocycles. The summed E-state index contributed by atoms with van der Waals surface area (Å²) in [5, 5.41) is 2.96. The highest BCUT2D eigenvalue weighted by molar-refractivity contribution is 7.92. The Balaban J connectivity index is 2.48. The molecule has 2 rings (SSSR count). The summed E-state index contributed by atoms with van der Waals surface area (Å²) in [7, 11) is -1.96. The summed E-state index contributed by atoms with van der Waals surface area (Å²) in [4.78, 5) is 4.14. The number of hydrogen-bond acceptors (Lipinski definition) is 5. The third-order valence-electron chi connectivity index (χ3n) is 3.23. The first-order valence-corrected chi connectivity index (χ1v) is 8.02. The first kappa shape index (κ1) is 15.5. The lowest BCUT2D eigenvalue weighted by molar-refractivity contribution is 0.494. The Morgan fingerprint density at radius 1 is 1.24 bits per heavy atom. The first-order chi connectivity index (χ1) is 9.86. The second-order valence-electron chi connectivity index (χ2n) is 4.85. The summed E-state index contributed by atoms with van der Waals surface area (Å²) in [5.41, 5.74) is 1.91. The Labute approximate surface area is 124 Å². The van der Waals surface area contributed by atoms with Gasteiger partial charge >= 0.3 is 0 Å². The fraction of sp³-hybridized carbons (Fsp3) is 0.357. The van der Waals surface area contributed by atoms with Gasteiger partial charge < -0.3 is 9.73 Å². The van der Waals surface area contributed by atoms with E-state index in [2.05, 4.69) is 15.0 Å². The molecule has 0 atom stereocenters. The van der Waals surface area contributed by atoms with Gasteiger partial charge in [-0.1, -0.05) is 0 Å². The third-order valence-corrected chi connectivity index (χ3v) is 4.79. The molecule has 2 aromatic rings. The fourth-order valence-electron chi connectivity index (χ4n) is 2.21. The lowest BCUT2D eigenvalue weighted by Gasteiger charge is -2.11. The van der Waals surface area contributed by atoms with Gasteiger partial charge in [-0.3, -0.25) is 9.71 Å². The number of pyridine rings is 1. The zero-order valence-corrected chi connectivity index (χ0v) is 13.3. The molecule has 7 heteroatoms. The van der Waals surface area contributed by atoms with E-state index < -0.39 is 10.0 Å². The van der Waals surface area contributed by atoms with Gasteiger partial charge in [0.2, 0.25) is 0 Å². The standard InChI is InChI=1S/C14H19N3O3S/c1-9-5-6-16-8-13(9)17-21(18,19)14-11(3)20-10(2)12(14)7-15-4/h5-6,8,15,17H,7H2,1-4H3. The van der Waals surface area contributed by atoms with Crippen LogP contribution in [-0.4, -0.2) is 20.4 Å². The van der Waals surface area contributed by atoms with Gasteiger partial charge in [-0.05, 0) is 39.4 Å². The Hall–Kier alpha value is -1.86. The number of hydrogen-bond donors (Lipinski definition) is 2. The topological polar surface area (TPSA) is 84.2 Å². The van der Waals surface area contributed by atoms with Crippen molar-refractivity contribution in [3.8, 4) is 0 Å². The van der Waals surface area contributed by atoms with E-state index in [4.69, 9.17) is 4.42 Å². The molecule has 0 fully saturated rings. The monoisotopic (exact) mass is 309 g/mol. The molecular formula is C14H19N3O3S. The molecule has 0 aromatic carbocycles. The first-order valence-electron chi connectivity index (χ1n) is 6.53. The molecule has 0 aliphatic carbocycles. The molecule has 0 radical (unpaired) electrons. The summed E-state index contributed by atoms with van der Waals surface area (Å²) in [6, 6.07) is 1.75. The fourth-order valence-corrected chi connectivity index (χ4v) is 3.78. The van der Waals surface area contributed by atoms with Gasteiger partial charge in [0.25, 0.3) is 10.0 Å². The van der Waals surface area contributed by atoms with Gasteiger partial charge in [0.1, 0.15) is 16.4 Å².